The fourth-order valence-corrected chi connectivity index (χ4v) is 3.95. The van der Waals surface area contributed by atoms with Gasteiger partial charge in [0.25, 0.3) is 0 Å². The minimum absolute atomic E-state index is 0.0169. The van der Waals surface area contributed by atoms with Crippen molar-refractivity contribution < 1.29 is 9.53 Å². The summed E-state index contributed by atoms with van der Waals surface area (Å²) in [7, 11) is 3.42. The summed E-state index contributed by atoms with van der Waals surface area (Å²) in [5.41, 5.74) is 4.06. The third-order valence-corrected chi connectivity index (χ3v) is 5.60. The molecule has 3 nitrogen and oxygen atoms in total. The average Bonchev–Trinajstić information content (AvgIpc) is 2.77. The van der Waals surface area contributed by atoms with Gasteiger partial charge in [0.05, 0.1) is 18.7 Å². The molecule has 0 saturated carbocycles. The van der Waals surface area contributed by atoms with Gasteiger partial charge in [-0.1, -0.05) is 60.7 Å². The summed E-state index contributed by atoms with van der Waals surface area (Å²) in [6, 6.07) is 24.0. The number of methoxy groups -OCH3 is 1. The van der Waals surface area contributed by atoms with Gasteiger partial charge in [-0.15, -0.1) is 6.58 Å². The van der Waals surface area contributed by atoms with Crippen LogP contribution in [0.15, 0.2) is 89.9 Å². The predicted octanol–water partition coefficient (Wildman–Crippen LogP) is 6.45. The van der Waals surface area contributed by atoms with Crippen molar-refractivity contribution in [1.29, 1.82) is 0 Å². The average molecular weight is 450 g/mol. The van der Waals surface area contributed by atoms with E-state index in [-0.39, 0.29) is 11.8 Å². The number of carbonyl (C=O) groups excluding carboxylic acids is 1. The smallest absolute Gasteiger partial charge is 0.234 e. The van der Waals surface area contributed by atoms with Crippen LogP contribution in [0.25, 0.3) is 11.1 Å². The van der Waals surface area contributed by atoms with Crippen LogP contribution in [0.1, 0.15) is 17.9 Å². The lowest BCUT2D eigenvalue weighted by atomic mass is 9.92. The van der Waals surface area contributed by atoms with E-state index in [0.29, 0.717) is 6.42 Å². The molecule has 3 aromatic carbocycles. The Morgan fingerprint density at radius 3 is 2.31 bits per heavy atom. The second-order valence-electron chi connectivity index (χ2n) is 6.78. The number of nitrogens with zero attached hydrogens (tertiary/aromatic N) is 1. The molecule has 1 unspecified atom stereocenters. The van der Waals surface area contributed by atoms with Crippen molar-refractivity contribution in [3.05, 3.63) is 95.5 Å². The second-order valence-corrected chi connectivity index (χ2v) is 7.63. The first kappa shape index (κ1) is 20.9. The molecular formula is C25H24BrNO2. The van der Waals surface area contributed by atoms with E-state index in [1.165, 1.54) is 0 Å². The molecule has 4 heteroatoms. The van der Waals surface area contributed by atoms with Gasteiger partial charge < -0.3 is 9.64 Å². The van der Waals surface area contributed by atoms with Crippen LogP contribution in [-0.4, -0.2) is 20.1 Å². The number of hydrogen-bond acceptors (Lipinski definition) is 2. The molecule has 0 aliphatic heterocycles. The molecule has 0 aromatic heterocycles. The van der Waals surface area contributed by atoms with Gasteiger partial charge in [0.15, 0.2) is 0 Å². The molecule has 0 heterocycles. The summed E-state index contributed by atoms with van der Waals surface area (Å²) in [5.74, 6) is 0.458. The topological polar surface area (TPSA) is 29.5 Å². The number of hydrogen-bond donors (Lipinski definition) is 0. The molecule has 0 aliphatic carbocycles. The molecule has 0 spiro atoms. The van der Waals surface area contributed by atoms with Crippen molar-refractivity contribution in [1.82, 2.24) is 0 Å². The van der Waals surface area contributed by atoms with Crippen molar-refractivity contribution in [3.8, 4) is 16.9 Å². The summed E-state index contributed by atoms with van der Waals surface area (Å²) >= 11 is 3.54. The number of rotatable bonds is 7. The van der Waals surface area contributed by atoms with Crippen LogP contribution in [0.4, 0.5) is 5.69 Å². The Labute approximate surface area is 180 Å². The highest BCUT2D eigenvalue weighted by atomic mass is 79.9. The standard InChI is InChI=1S/C25H24BrNO2/c1-4-8-22(20-13-11-19(12-14-20)18-9-6-5-7-10-18)25(28)27(2)24-16-15-21(29-3)17-23(24)26/h4-7,9-17,22H,1,8H2,2-3H3. The SMILES string of the molecule is C=CCC(C(=O)N(C)c1ccc(OC)cc1Br)c1ccc(-c2ccccc2)cc1. The molecule has 3 rings (SSSR count). The second kappa shape index (κ2) is 9.57. The first-order valence-corrected chi connectivity index (χ1v) is 10.2. The molecule has 0 aliphatic rings. The lowest BCUT2D eigenvalue weighted by Crippen LogP contribution is -2.31. The molecule has 1 amide bonds. The van der Waals surface area contributed by atoms with Crippen LogP contribution >= 0.6 is 15.9 Å². The van der Waals surface area contributed by atoms with Gasteiger partial charge in [0, 0.05) is 11.5 Å². The van der Waals surface area contributed by atoms with E-state index in [1.54, 1.807) is 25.1 Å². The van der Waals surface area contributed by atoms with Crippen LogP contribution in [0.3, 0.4) is 0 Å². The van der Waals surface area contributed by atoms with Crippen molar-refractivity contribution in [2.24, 2.45) is 0 Å². The first-order chi connectivity index (χ1) is 14.0. The van der Waals surface area contributed by atoms with E-state index in [9.17, 15) is 4.79 Å². The highest BCUT2D eigenvalue weighted by Crippen LogP contribution is 2.33. The maximum atomic E-state index is 13.3. The molecule has 0 N–H and O–H groups in total. The van der Waals surface area contributed by atoms with E-state index in [2.05, 4.69) is 46.8 Å². The van der Waals surface area contributed by atoms with Crippen LogP contribution in [-0.2, 0) is 4.79 Å². The van der Waals surface area contributed by atoms with Crippen molar-refractivity contribution in [2.45, 2.75) is 12.3 Å². The zero-order valence-electron chi connectivity index (χ0n) is 16.6. The quantitative estimate of drug-likeness (QED) is 0.388. The van der Waals surface area contributed by atoms with E-state index in [4.69, 9.17) is 4.74 Å². The van der Waals surface area contributed by atoms with Crippen LogP contribution in [0, 0.1) is 0 Å². The zero-order chi connectivity index (χ0) is 20.8. The van der Waals surface area contributed by atoms with Gasteiger partial charge in [-0.3, -0.25) is 4.79 Å². The van der Waals surface area contributed by atoms with Gasteiger partial charge in [0.1, 0.15) is 5.75 Å². The first-order valence-electron chi connectivity index (χ1n) is 9.42. The highest BCUT2D eigenvalue weighted by molar-refractivity contribution is 9.10. The Kier molecular flexibility index (Phi) is 6.89. The molecule has 0 radical (unpaired) electrons. The minimum atomic E-state index is -0.295. The molecule has 3 aromatic rings. The Bertz CT molecular complexity index is 983. The largest absolute Gasteiger partial charge is 0.497 e. The molecule has 0 saturated heterocycles. The van der Waals surface area contributed by atoms with Gasteiger partial charge in [-0.2, -0.15) is 0 Å². The maximum Gasteiger partial charge on any atom is 0.234 e. The number of carbonyl (C=O) groups is 1. The third-order valence-electron chi connectivity index (χ3n) is 4.97. The summed E-state index contributed by atoms with van der Waals surface area (Å²) < 4.78 is 6.06. The molecule has 1 atom stereocenters. The van der Waals surface area contributed by atoms with Crippen LogP contribution in [0.5, 0.6) is 5.75 Å². The Hall–Kier alpha value is -2.85. The van der Waals surface area contributed by atoms with Gasteiger partial charge in [-0.05, 0) is 57.2 Å². The fraction of sp³-hybridized carbons (Fsp3) is 0.160. The van der Waals surface area contributed by atoms with Crippen molar-refractivity contribution >= 4 is 27.5 Å². The minimum Gasteiger partial charge on any atom is -0.497 e. The molecular weight excluding hydrogens is 426 g/mol. The summed E-state index contributed by atoms with van der Waals surface area (Å²) in [4.78, 5) is 15.0. The lowest BCUT2D eigenvalue weighted by molar-refractivity contribution is -0.119. The fourth-order valence-electron chi connectivity index (χ4n) is 3.32. The number of benzene rings is 3. The number of anilines is 1. The van der Waals surface area contributed by atoms with Gasteiger partial charge >= 0.3 is 0 Å². The molecule has 0 fully saturated rings. The number of halogens is 1. The lowest BCUT2D eigenvalue weighted by Gasteiger charge is -2.25. The van der Waals surface area contributed by atoms with Crippen molar-refractivity contribution in [3.63, 3.8) is 0 Å². The maximum absolute atomic E-state index is 13.3. The van der Waals surface area contributed by atoms with Crippen LogP contribution in [0.2, 0.25) is 0 Å². The van der Waals surface area contributed by atoms with E-state index in [0.717, 1.165) is 32.6 Å². The highest BCUT2D eigenvalue weighted by Gasteiger charge is 2.25. The van der Waals surface area contributed by atoms with E-state index in [1.807, 2.05) is 48.5 Å². The van der Waals surface area contributed by atoms with Crippen LogP contribution < -0.4 is 9.64 Å². The molecule has 0 bridgehead atoms. The number of allylic oxidation sites excluding steroid dienone is 1. The Morgan fingerprint density at radius 2 is 1.72 bits per heavy atom. The monoisotopic (exact) mass is 449 g/mol. The number of amides is 1. The molecule has 29 heavy (non-hydrogen) atoms. The zero-order valence-corrected chi connectivity index (χ0v) is 18.2. The van der Waals surface area contributed by atoms with E-state index < -0.39 is 0 Å². The normalized spacial score (nSPS) is 11.6. The van der Waals surface area contributed by atoms with Gasteiger partial charge in [-0.25, -0.2) is 0 Å². The third kappa shape index (κ3) is 4.77. The van der Waals surface area contributed by atoms with Crippen molar-refractivity contribution in [2.75, 3.05) is 19.1 Å². The molecule has 148 valence electrons. The Balaban J connectivity index is 1.87. The predicted molar refractivity (Wildman–Crippen MR) is 124 cm³/mol. The summed E-state index contributed by atoms with van der Waals surface area (Å²) in [5, 5.41) is 0. The number of ether oxygens (including phenoxy) is 1. The Morgan fingerprint density at radius 1 is 1.07 bits per heavy atom. The number of likely N-dealkylation sites (N-methyl/N-ethyl adjacent to an activating group) is 1. The summed E-state index contributed by atoms with van der Waals surface area (Å²) in [6.07, 6.45) is 2.37. The van der Waals surface area contributed by atoms with E-state index >= 15 is 0 Å². The van der Waals surface area contributed by atoms with Gasteiger partial charge in [0.2, 0.25) is 5.91 Å². The summed E-state index contributed by atoms with van der Waals surface area (Å²) in [6.45, 7) is 3.85.